The number of carbonyl (C=O) groups is 1. The summed E-state index contributed by atoms with van der Waals surface area (Å²) in [6, 6.07) is 12.9. The molecule has 0 radical (unpaired) electrons. The van der Waals surface area contributed by atoms with Gasteiger partial charge in [-0.05, 0) is 36.2 Å². The first kappa shape index (κ1) is 18.8. The maximum absolute atomic E-state index is 12.0. The lowest BCUT2D eigenvalue weighted by Crippen LogP contribution is -2.24. The lowest BCUT2D eigenvalue weighted by atomic mass is 10.1. The van der Waals surface area contributed by atoms with Crippen LogP contribution in [-0.2, 0) is 11.3 Å². The van der Waals surface area contributed by atoms with Gasteiger partial charge in [0.15, 0.2) is 0 Å². The standard InChI is InChI=1S/C18H15Cl2N3O2S/c1-11-4-2-3-5-14(11)17-22-23-18(25-17)26-10-16(24)21-9-12-6-7-13(19)8-15(12)20/h2-8H,9-10H2,1H3,(H,21,24). The van der Waals surface area contributed by atoms with Crippen molar-refractivity contribution in [1.29, 1.82) is 0 Å². The van der Waals surface area contributed by atoms with Gasteiger partial charge in [-0.2, -0.15) is 0 Å². The second kappa shape index (κ2) is 8.58. The van der Waals surface area contributed by atoms with E-state index in [9.17, 15) is 4.79 Å². The van der Waals surface area contributed by atoms with Crippen molar-refractivity contribution in [1.82, 2.24) is 15.5 Å². The fraction of sp³-hybridized carbons (Fsp3) is 0.167. The minimum atomic E-state index is -0.156. The predicted molar refractivity (Wildman–Crippen MR) is 104 cm³/mol. The second-order valence-corrected chi connectivity index (χ2v) is 7.26. The Morgan fingerprint density at radius 3 is 2.77 bits per heavy atom. The van der Waals surface area contributed by atoms with Crippen LogP contribution in [0.3, 0.4) is 0 Å². The smallest absolute Gasteiger partial charge is 0.277 e. The lowest BCUT2D eigenvalue weighted by Gasteiger charge is -2.06. The van der Waals surface area contributed by atoms with Crippen molar-refractivity contribution in [3.8, 4) is 11.5 Å². The van der Waals surface area contributed by atoms with Crippen LogP contribution in [0.25, 0.3) is 11.5 Å². The van der Waals surface area contributed by atoms with Crippen LogP contribution in [0.15, 0.2) is 52.1 Å². The van der Waals surface area contributed by atoms with Crippen molar-refractivity contribution >= 4 is 40.9 Å². The first-order valence-corrected chi connectivity index (χ1v) is 9.50. The summed E-state index contributed by atoms with van der Waals surface area (Å²) >= 11 is 13.1. The molecule has 134 valence electrons. The van der Waals surface area contributed by atoms with Crippen molar-refractivity contribution in [2.45, 2.75) is 18.7 Å². The molecule has 0 aliphatic carbocycles. The minimum absolute atomic E-state index is 0.156. The number of hydrogen-bond acceptors (Lipinski definition) is 5. The Morgan fingerprint density at radius 2 is 2.00 bits per heavy atom. The van der Waals surface area contributed by atoms with Gasteiger partial charge in [0.25, 0.3) is 5.22 Å². The molecule has 0 aliphatic heterocycles. The number of hydrogen-bond donors (Lipinski definition) is 1. The summed E-state index contributed by atoms with van der Waals surface area (Å²) in [5, 5.41) is 12.2. The summed E-state index contributed by atoms with van der Waals surface area (Å²) in [5.41, 5.74) is 2.73. The molecule has 5 nitrogen and oxygen atoms in total. The Hall–Kier alpha value is -2.02. The molecule has 0 atom stereocenters. The third-order valence-corrected chi connectivity index (χ3v) is 5.01. The van der Waals surface area contributed by atoms with Gasteiger partial charge in [-0.25, -0.2) is 0 Å². The van der Waals surface area contributed by atoms with Crippen molar-refractivity contribution in [2.75, 3.05) is 5.75 Å². The van der Waals surface area contributed by atoms with E-state index in [0.29, 0.717) is 27.7 Å². The number of nitrogens with zero attached hydrogens (tertiary/aromatic N) is 2. The van der Waals surface area contributed by atoms with Gasteiger partial charge in [0.05, 0.1) is 5.75 Å². The highest BCUT2D eigenvalue weighted by atomic mass is 35.5. The van der Waals surface area contributed by atoms with Crippen LogP contribution in [0.1, 0.15) is 11.1 Å². The van der Waals surface area contributed by atoms with Gasteiger partial charge in [-0.1, -0.05) is 59.2 Å². The van der Waals surface area contributed by atoms with E-state index in [1.807, 2.05) is 31.2 Å². The average molecular weight is 408 g/mol. The molecule has 0 fully saturated rings. The van der Waals surface area contributed by atoms with Crippen LogP contribution in [0.5, 0.6) is 0 Å². The average Bonchev–Trinajstić information content (AvgIpc) is 3.08. The number of nitrogens with one attached hydrogen (secondary N) is 1. The lowest BCUT2D eigenvalue weighted by molar-refractivity contribution is -0.118. The second-order valence-electron chi connectivity index (χ2n) is 5.49. The van der Waals surface area contributed by atoms with Crippen LogP contribution in [0, 0.1) is 6.92 Å². The largest absolute Gasteiger partial charge is 0.411 e. The molecule has 1 aromatic heterocycles. The van der Waals surface area contributed by atoms with Gasteiger partial charge in [-0.15, -0.1) is 10.2 Å². The monoisotopic (exact) mass is 407 g/mol. The van der Waals surface area contributed by atoms with Crippen LogP contribution in [-0.4, -0.2) is 21.9 Å². The summed E-state index contributed by atoms with van der Waals surface area (Å²) in [7, 11) is 0. The quantitative estimate of drug-likeness (QED) is 0.596. The summed E-state index contributed by atoms with van der Waals surface area (Å²) in [4.78, 5) is 12.0. The van der Waals surface area contributed by atoms with Gasteiger partial charge in [0.2, 0.25) is 11.8 Å². The first-order chi connectivity index (χ1) is 12.5. The SMILES string of the molecule is Cc1ccccc1-c1nnc(SCC(=O)NCc2ccc(Cl)cc2Cl)o1. The van der Waals surface area contributed by atoms with E-state index in [1.54, 1.807) is 18.2 Å². The summed E-state index contributed by atoms with van der Waals surface area (Å²) in [6.07, 6.45) is 0. The molecule has 0 saturated carbocycles. The molecule has 8 heteroatoms. The van der Waals surface area contributed by atoms with Gasteiger partial charge < -0.3 is 9.73 Å². The topological polar surface area (TPSA) is 68.0 Å². The molecule has 3 aromatic rings. The Morgan fingerprint density at radius 1 is 1.19 bits per heavy atom. The molecular formula is C18H15Cl2N3O2S. The highest BCUT2D eigenvalue weighted by Gasteiger charge is 2.12. The van der Waals surface area contributed by atoms with Gasteiger partial charge in [0, 0.05) is 22.2 Å². The number of thioether (sulfide) groups is 1. The summed E-state index contributed by atoms with van der Waals surface area (Å²) in [5.74, 6) is 0.455. The predicted octanol–water partition coefficient (Wildman–Crippen LogP) is 4.76. The molecule has 1 amide bonds. The van der Waals surface area contributed by atoms with Crippen LogP contribution in [0.4, 0.5) is 0 Å². The number of halogens is 2. The van der Waals surface area contributed by atoms with Crippen LogP contribution < -0.4 is 5.32 Å². The van der Waals surface area contributed by atoms with Crippen molar-refractivity contribution < 1.29 is 9.21 Å². The van der Waals surface area contributed by atoms with Crippen molar-refractivity contribution in [2.24, 2.45) is 0 Å². The fourth-order valence-corrected chi connectivity index (χ4v) is 3.30. The zero-order chi connectivity index (χ0) is 18.5. The molecule has 2 aromatic carbocycles. The maximum Gasteiger partial charge on any atom is 0.277 e. The van der Waals surface area contributed by atoms with E-state index >= 15 is 0 Å². The van der Waals surface area contributed by atoms with E-state index in [2.05, 4.69) is 15.5 Å². The van der Waals surface area contributed by atoms with E-state index in [4.69, 9.17) is 27.6 Å². The highest BCUT2D eigenvalue weighted by Crippen LogP contribution is 2.25. The Balaban J connectivity index is 1.53. The number of aromatic nitrogens is 2. The first-order valence-electron chi connectivity index (χ1n) is 7.76. The van der Waals surface area contributed by atoms with Crippen molar-refractivity contribution in [3.05, 3.63) is 63.6 Å². The van der Waals surface area contributed by atoms with E-state index in [-0.39, 0.29) is 11.7 Å². The summed E-state index contributed by atoms with van der Waals surface area (Å²) < 4.78 is 5.62. The number of aryl methyl sites for hydroxylation is 1. The molecule has 26 heavy (non-hydrogen) atoms. The molecule has 0 aliphatic rings. The zero-order valence-corrected chi connectivity index (χ0v) is 16.2. The van der Waals surface area contributed by atoms with Gasteiger partial charge in [0.1, 0.15) is 0 Å². The molecule has 0 spiro atoms. The Labute approximate surface area is 165 Å². The number of amides is 1. The van der Waals surface area contributed by atoms with Gasteiger partial charge in [-0.3, -0.25) is 4.79 Å². The highest BCUT2D eigenvalue weighted by molar-refractivity contribution is 7.99. The van der Waals surface area contributed by atoms with Gasteiger partial charge >= 0.3 is 0 Å². The van der Waals surface area contributed by atoms with E-state index in [1.165, 1.54) is 11.8 Å². The molecule has 0 saturated heterocycles. The van der Waals surface area contributed by atoms with E-state index < -0.39 is 0 Å². The number of rotatable bonds is 6. The third kappa shape index (κ3) is 4.78. The molecule has 0 unspecified atom stereocenters. The maximum atomic E-state index is 12.0. The third-order valence-electron chi connectivity index (χ3n) is 3.60. The Bertz CT molecular complexity index is 930. The van der Waals surface area contributed by atoms with Crippen LogP contribution >= 0.6 is 35.0 Å². The molecule has 1 heterocycles. The van der Waals surface area contributed by atoms with Crippen molar-refractivity contribution in [3.63, 3.8) is 0 Å². The normalized spacial score (nSPS) is 10.7. The molecular weight excluding hydrogens is 393 g/mol. The fourth-order valence-electron chi connectivity index (χ4n) is 2.23. The van der Waals surface area contributed by atoms with Crippen LogP contribution in [0.2, 0.25) is 10.0 Å². The zero-order valence-electron chi connectivity index (χ0n) is 13.8. The molecule has 1 N–H and O–H groups in total. The summed E-state index contributed by atoms with van der Waals surface area (Å²) in [6.45, 7) is 2.30. The number of carbonyl (C=O) groups excluding carboxylic acids is 1. The molecule has 3 rings (SSSR count). The Kier molecular flexibility index (Phi) is 6.19. The number of benzene rings is 2. The minimum Gasteiger partial charge on any atom is -0.411 e. The van der Waals surface area contributed by atoms with E-state index in [0.717, 1.165) is 16.7 Å². The molecule has 0 bridgehead atoms.